The van der Waals surface area contributed by atoms with Gasteiger partial charge in [0.2, 0.25) is 0 Å². The first kappa shape index (κ1) is 20.9. The second-order valence-electron chi connectivity index (χ2n) is 7.56. The van der Waals surface area contributed by atoms with Crippen LogP contribution in [0.5, 0.6) is 0 Å². The maximum absolute atomic E-state index is 11.5. The van der Waals surface area contributed by atoms with Gasteiger partial charge in [-0.3, -0.25) is 19.2 Å². The summed E-state index contributed by atoms with van der Waals surface area (Å²) in [5.74, 6) is -1.37. The molecular weight excluding hydrogens is 436 g/mol. The van der Waals surface area contributed by atoms with Crippen molar-refractivity contribution in [1.29, 1.82) is 0 Å². The van der Waals surface area contributed by atoms with E-state index in [1.54, 1.807) is 12.1 Å². The molecule has 2 aromatic rings. The normalized spacial score (nSPS) is 14.4. The van der Waals surface area contributed by atoms with E-state index in [1.807, 2.05) is 45.9 Å². The van der Waals surface area contributed by atoms with Crippen LogP contribution < -0.4 is 10.6 Å². The van der Waals surface area contributed by atoms with Crippen molar-refractivity contribution in [2.24, 2.45) is 0 Å². The average molecular weight is 457 g/mol. The average Bonchev–Trinajstić information content (AvgIpc) is 3.11. The Morgan fingerprint density at radius 1 is 0.724 bits per heavy atom. The van der Waals surface area contributed by atoms with Gasteiger partial charge in [0.1, 0.15) is 0 Å². The van der Waals surface area contributed by atoms with Gasteiger partial charge < -0.3 is 10.6 Å². The predicted octanol–water partition coefficient (Wildman–Crippen LogP) is 4.65. The molecule has 0 saturated carbocycles. The Labute approximate surface area is 177 Å². The molecule has 2 heterocycles. The van der Waals surface area contributed by atoms with Gasteiger partial charge in [-0.2, -0.15) is 0 Å². The maximum atomic E-state index is 11.5. The number of para-hydroxylation sites is 1. The Balaban J connectivity index is 0.000000166. The molecule has 150 valence electrons. The summed E-state index contributed by atoms with van der Waals surface area (Å²) in [6.07, 6.45) is 0. The summed E-state index contributed by atoms with van der Waals surface area (Å²) in [6, 6.07) is 9.04. The summed E-state index contributed by atoms with van der Waals surface area (Å²) < 4.78 is 0.829. The van der Waals surface area contributed by atoms with E-state index in [4.69, 9.17) is 0 Å². The fourth-order valence-corrected chi connectivity index (χ4v) is 3.84. The molecule has 0 spiro atoms. The quantitative estimate of drug-likeness (QED) is 0.643. The number of rotatable bonds is 2. The van der Waals surface area contributed by atoms with E-state index in [1.165, 1.54) is 0 Å². The lowest BCUT2D eigenvalue weighted by Gasteiger charge is -2.11. The van der Waals surface area contributed by atoms with Crippen molar-refractivity contribution in [1.82, 2.24) is 0 Å². The van der Waals surface area contributed by atoms with Crippen LogP contribution in [0.15, 0.2) is 34.8 Å². The SMILES string of the molecule is CC(C)c1cc(Br)cc2c1NC(=O)C2=O.CC(C)c1cccc2c1NC(=O)C2=O. The van der Waals surface area contributed by atoms with Gasteiger partial charge in [0, 0.05) is 4.47 Å². The lowest BCUT2D eigenvalue weighted by atomic mass is 9.98. The fourth-order valence-electron chi connectivity index (χ4n) is 3.37. The van der Waals surface area contributed by atoms with Gasteiger partial charge in [-0.15, -0.1) is 0 Å². The van der Waals surface area contributed by atoms with E-state index in [0.29, 0.717) is 28.4 Å². The highest BCUT2D eigenvalue weighted by molar-refractivity contribution is 9.10. The van der Waals surface area contributed by atoms with E-state index >= 15 is 0 Å². The van der Waals surface area contributed by atoms with Crippen molar-refractivity contribution < 1.29 is 19.2 Å². The number of Topliss-reactive ketones (excluding diaryl/α,β-unsaturated/α-hetero) is 2. The van der Waals surface area contributed by atoms with Crippen LogP contribution in [0.4, 0.5) is 11.4 Å². The molecule has 0 radical (unpaired) electrons. The molecule has 2 N–H and O–H groups in total. The highest BCUT2D eigenvalue weighted by Gasteiger charge is 2.31. The Bertz CT molecular complexity index is 1060. The molecule has 0 aromatic heterocycles. The molecule has 0 fully saturated rings. The zero-order valence-corrected chi connectivity index (χ0v) is 18.1. The Morgan fingerprint density at radius 2 is 1.24 bits per heavy atom. The zero-order valence-electron chi connectivity index (χ0n) is 16.6. The molecule has 2 aromatic carbocycles. The number of carbonyl (C=O) groups excluding carboxylic acids is 4. The molecule has 0 aliphatic carbocycles. The third kappa shape index (κ3) is 3.87. The minimum atomic E-state index is -0.537. The summed E-state index contributed by atoms with van der Waals surface area (Å²) in [6.45, 7) is 8.11. The van der Waals surface area contributed by atoms with Crippen molar-refractivity contribution in [2.45, 2.75) is 39.5 Å². The van der Waals surface area contributed by atoms with Gasteiger partial charge in [0.25, 0.3) is 23.4 Å². The molecule has 2 aliphatic heterocycles. The summed E-state index contributed by atoms with van der Waals surface area (Å²) in [5.41, 5.74) is 4.33. The Morgan fingerprint density at radius 3 is 1.79 bits per heavy atom. The molecular formula is C22H21BrN2O4. The van der Waals surface area contributed by atoms with Crippen molar-refractivity contribution in [2.75, 3.05) is 10.6 Å². The smallest absolute Gasteiger partial charge is 0.296 e. The van der Waals surface area contributed by atoms with Crippen LogP contribution in [0, 0.1) is 0 Å². The number of halogens is 1. The summed E-state index contributed by atoms with van der Waals surface area (Å²) in [7, 11) is 0. The summed E-state index contributed by atoms with van der Waals surface area (Å²) >= 11 is 3.34. The van der Waals surface area contributed by atoms with E-state index in [-0.39, 0.29) is 5.92 Å². The number of benzene rings is 2. The molecule has 2 aliphatic rings. The highest BCUT2D eigenvalue weighted by atomic mass is 79.9. The maximum Gasteiger partial charge on any atom is 0.296 e. The molecule has 2 amide bonds. The van der Waals surface area contributed by atoms with Crippen molar-refractivity contribution >= 4 is 50.7 Å². The molecule has 0 saturated heterocycles. The van der Waals surface area contributed by atoms with Gasteiger partial charge >= 0.3 is 0 Å². The Kier molecular flexibility index (Phi) is 5.71. The molecule has 0 bridgehead atoms. The van der Waals surface area contributed by atoms with Gasteiger partial charge in [0.15, 0.2) is 0 Å². The summed E-state index contributed by atoms with van der Waals surface area (Å²) in [5, 5.41) is 5.22. The number of hydrogen-bond acceptors (Lipinski definition) is 4. The second-order valence-corrected chi connectivity index (χ2v) is 8.48. The van der Waals surface area contributed by atoms with Gasteiger partial charge in [0.05, 0.1) is 22.5 Å². The van der Waals surface area contributed by atoms with Crippen molar-refractivity contribution in [3.63, 3.8) is 0 Å². The molecule has 7 heteroatoms. The number of carbonyl (C=O) groups is 4. The number of hydrogen-bond donors (Lipinski definition) is 2. The number of ketones is 2. The largest absolute Gasteiger partial charge is 0.318 e. The van der Waals surface area contributed by atoms with Crippen LogP contribution in [-0.4, -0.2) is 23.4 Å². The minimum absolute atomic E-state index is 0.266. The topological polar surface area (TPSA) is 92.3 Å². The number of amides is 2. The number of fused-ring (bicyclic) bond motifs is 2. The van der Waals surface area contributed by atoms with Crippen molar-refractivity contribution in [3.8, 4) is 0 Å². The molecule has 6 nitrogen and oxygen atoms in total. The first-order valence-corrected chi connectivity index (χ1v) is 10.1. The fraction of sp³-hybridized carbons (Fsp3) is 0.273. The monoisotopic (exact) mass is 456 g/mol. The molecule has 29 heavy (non-hydrogen) atoms. The first-order chi connectivity index (χ1) is 13.6. The number of nitrogens with one attached hydrogen (secondary N) is 2. The summed E-state index contributed by atoms with van der Waals surface area (Å²) in [4.78, 5) is 45.2. The lowest BCUT2D eigenvalue weighted by Crippen LogP contribution is -2.12. The Hall–Kier alpha value is -2.80. The van der Waals surface area contributed by atoms with Crippen LogP contribution in [0.25, 0.3) is 0 Å². The van der Waals surface area contributed by atoms with E-state index in [2.05, 4.69) is 26.6 Å². The van der Waals surface area contributed by atoms with Gasteiger partial charge in [-0.25, -0.2) is 0 Å². The number of anilines is 2. The van der Waals surface area contributed by atoms with Crippen LogP contribution in [0.1, 0.15) is 71.4 Å². The molecule has 4 rings (SSSR count). The first-order valence-electron chi connectivity index (χ1n) is 9.29. The third-order valence-corrected chi connectivity index (χ3v) is 5.31. The van der Waals surface area contributed by atoms with Gasteiger partial charge in [-0.1, -0.05) is 55.8 Å². The third-order valence-electron chi connectivity index (χ3n) is 4.85. The van der Waals surface area contributed by atoms with E-state index < -0.39 is 23.4 Å². The van der Waals surface area contributed by atoms with E-state index in [0.717, 1.165) is 15.6 Å². The predicted molar refractivity (Wildman–Crippen MR) is 115 cm³/mol. The van der Waals surface area contributed by atoms with Crippen LogP contribution in [-0.2, 0) is 9.59 Å². The lowest BCUT2D eigenvalue weighted by molar-refractivity contribution is -0.112. The van der Waals surface area contributed by atoms with Crippen LogP contribution in [0.3, 0.4) is 0 Å². The van der Waals surface area contributed by atoms with Gasteiger partial charge in [-0.05, 0) is 41.2 Å². The van der Waals surface area contributed by atoms with Crippen LogP contribution in [0.2, 0.25) is 0 Å². The van der Waals surface area contributed by atoms with E-state index in [9.17, 15) is 19.2 Å². The standard InChI is InChI=1S/C11H10BrNO2.C11H11NO2/c1-5(2)7-3-6(12)4-8-9(7)13-11(15)10(8)14;1-6(2)7-4-3-5-8-9(7)12-11(14)10(8)13/h3-5H,1-2H3,(H,13,14,15);3-6H,1-2H3,(H,12,13,14). The minimum Gasteiger partial charge on any atom is -0.318 e. The second kappa shape index (κ2) is 7.91. The van der Waals surface area contributed by atoms with Crippen molar-refractivity contribution in [3.05, 3.63) is 57.1 Å². The zero-order chi connectivity index (χ0) is 21.5. The highest BCUT2D eigenvalue weighted by Crippen LogP contribution is 2.35. The molecule has 0 atom stereocenters. The van der Waals surface area contributed by atoms with Crippen LogP contribution >= 0.6 is 15.9 Å². The molecule has 0 unspecified atom stereocenters.